The van der Waals surface area contributed by atoms with Gasteiger partial charge in [-0.1, -0.05) is 18.2 Å². The highest BCUT2D eigenvalue weighted by Gasteiger charge is 2.28. The molecule has 0 fully saturated rings. The van der Waals surface area contributed by atoms with Crippen LogP contribution in [0.2, 0.25) is 0 Å². The summed E-state index contributed by atoms with van der Waals surface area (Å²) >= 11 is 5.98. The van der Waals surface area contributed by atoms with E-state index in [9.17, 15) is 0 Å². The van der Waals surface area contributed by atoms with Crippen molar-refractivity contribution in [3.63, 3.8) is 0 Å². The van der Waals surface area contributed by atoms with E-state index in [0.717, 1.165) is 12.3 Å². The predicted octanol–water partition coefficient (Wildman–Crippen LogP) is 3.92. The van der Waals surface area contributed by atoms with Crippen molar-refractivity contribution in [2.75, 3.05) is 5.88 Å². The summed E-state index contributed by atoms with van der Waals surface area (Å²) in [6.45, 7) is 3.72. The van der Waals surface area contributed by atoms with Gasteiger partial charge in [-0.2, -0.15) is 0 Å². The first kappa shape index (κ1) is 9.85. The van der Waals surface area contributed by atoms with Gasteiger partial charge in [0.05, 0.1) is 0 Å². The van der Waals surface area contributed by atoms with Gasteiger partial charge in [0, 0.05) is 5.88 Å². The molecule has 0 aromatic heterocycles. The summed E-state index contributed by atoms with van der Waals surface area (Å²) in [6.07, 6.45) is 12.5. The molecule has 1 aliphatic rings. The standard InChI is InChI=1S/C11H17Cl/c1-2-3-4-7-11(10-12)8-5-6-9-11/h2,5-6H,1,3-4,7-10H2. The summed E-state index contributed by atoms with van der Waals surface area (Å²) in [6, 6.07) is 0. The highest BCUT2D eigenvalue weighted by atomic mass is 35.5. The molecule has 0 saturated carbocycles. The van der Waals surface area contributed by atoms with Crippen LogP contribution in [0.5, 0.6) is 0 Å². The predicted molar refractivity (Wildman–Crippen MR) is 55.6 cm³/mol. The molecule has 0 amide bonds. The summed E-state index contributed by atoms with van der Waals surface area (Å²) in [5.74, 6) is 0.803. The summed E-state index contributed by atoms with van der Waals surface area (Å²) in [4.78, 5) is 0. The molecule has 0 aromatic rings. The first-order valence-corrected chi connectivity index (χ1v) is 5.18. The van der Waals surface area contributed by atoms with Crippen LogP contribution in [0.15, 0.2) is 24.8 Å². The first-order valence-electron chi connectivity index (χ1n) is 4.65. The fraction of sp³-hybridized carbons (Fsp3) is 0.636. The van der Waals surface area contributed by atoms with Gasteiger partial charge in [0.2, 0.25) is 0 Å². The van der Waals surface area contributed by atoms with Crippen LogP contribution in [0, 0.1) is 5.41 Å². The Morgan fingerprint density at radius 3 is 2.58 bits per heavy atom. The lowest BCUT2D eigenvalue weighted by Gasteiger charge is -2.25. The van der Waals surface area contributed by atoms with E-state index in [-0.39, 0.29) is 0 Å². The van der Waals surface area contributed by atoms with E-state index >= 15 is 0 Å². The molecule has 68 valence electrons. The van der Waals surface area contributed by atoms with Gasteiger partial charge >= 0.3 is 0 Å². The Labute approximate surface area is 80.3 Å². The average Bonchev–Trinajstić information content (AvgIpc) is 2.55. The Kier molecular flexibility index (Phi) is 3.87. The van der Waals surface area contributed by atoms with Crippen LogP contribution in [0.1, 0.15) is 32.1 Å². The second-order valence-electron chi connectivity index (χ2n) is 3.69. The van der Waals surface area contributed by atoms with E-state index in [2.05, 4.69) is 18.7 Å². The lowest BCUT2D eigenvalue weighted by molar-refractivity contribution is 0.320. The molecule has 0 radical (unpaired) electrons. The molecule has 12 heavy (non-hydrogen) atoms. The minimum absolute atomic E-state index is 0.393. The van der Waals surface area contributed by atoms with Gasteiger partial charge in [0.15, 0.2) is 0 Å². The maximum atomic E-state index is 5.98. The molecule has 0 aromatic carbocycles. The first-order chi connectivity index (χ1) is 5.83. The lowest BCUT2D eigenvalue weighted by Crippen LogP contribution is -2.18. The number of hydrogen-bond donors (Lipinski definition) is 0. The van der Waals surface area contributed by atoms with Crippen molar-refractivity contribution in [1.29, 1.82) is 0 Å². The number of rotatable bonds is 5. The van der Waals surface area contributed by atoms with Crippen LogP contribution in [0.3, 0.4) is 0 Å². The normalized spacial score (nSPS) is 19.8. The Morgan fingerprint density at radius 1 is 1.42 bits per heavy atom. The molecule has 0 aliphatic heterocycles. The number of halogens is 1. The third-order valence-electron chi connectivity index (χ3n) is 2.67. The van der Waals surface area contributed by atoms with Gasteiger partial charge in [-0.25, -0.2) is 0 Å². The molecule has 0 spiro atoms. The third kappa shape index (κ3) is 2.38. The highest BCUT2D eigenvalue weighted by Crippen LogP contribution is 2.39. The van der Waals surface area contributed by atoms with Crippen molar-refractivity contribution in [3.05, 3.63) is 24.8 Å². The molecule has 0 saturated heterocycles. The molecule has 0 unspecified atom stereocenters. The van der Waals surface area contributed by atoms with Crippen molar-refractivity contribution in [3.8, 4) is 0 Å². The highest BCUT2D eigenvalue weighted by molar-refractivity contribution is 6.18. The number of hydrogen-bond acceptors (Lipinski definition) is 0. The molecule has 1 aliphatic carbocycles. The van der Waals surface area contributed by atoms with Crippen LogP contribution in [-0.4, -0.2) is 5.88 Å². The largest absolute Gasteiger partial charge is 0.126 e. The van der Waals surface area contributed by atoms with Gasteiger partial charge in [-0.3, -0.25) is 0 Å². The minimum Gasteiger partial charge on any atom is -0.126 e. The quantitative estimate of drug-likeness (QED) is 0.345. The molecular weight excluding hydrogens is 168 g/mol. The zero-order valence-electron chi connectivity index (χ0n) is 7.56. The van der Waals surface area contributed by atoms with Crippen molar-refractivity contribution in [2.45, 2.75) is 32.1 Å². The Hall–Kier alpha value is -0.230. The number of allylic oxidation sites excluding steroid dienone is 3. The van der Waals surface area contributed by atoms with Crippen molar-refractivity contribution in [2.24, 2.45) is 5.41 Å². The molecule has 0 N–H and O–H groups in total. The summed E-state index contributed by atoms with van der Waals surface area (Å²) in [5, 5.41) is 0. The van der Waals surface area contributed by atoms with Crippen molar-refractivity contribution < 1.29 is 0 Å². The minimum atomic E-state index is 0.393. The average molecular weight is 185 g/mol. The van der Waals surface area contributed by atoms with Crippen molar-refractivity contribution in [1.82, 2.24) is 0 Å². The van der Waals surface area contributed by atoms with Gasteiger partial charge in [0.25, 0.3) is 0 Å². The lowest BCUT2D eigenvalue weighted by atomic mass is 9.82. The van der Waals surface area contributed by atoms with Gasteiger partial charge in [-0.15, -0.1) is 18.2 Å². The molecule has 1 heteroatoms. The second kappa shape index (κ2) is 4.71. The van der Waals surface area contributed by atoms with Gasteiger partial charge in [0.1, 0.15) is 0 Å². The maximum Gasteiger partial charge on any atom is 0.0285 e. The molecule has 0 nitrogen and oxygen atoms in total. The maximum absolute atomic E-state index is 5.98. The number of unbranched alkanes of at least 4 members (excludes halogenated alkanes) is 1. The van der Waals surface area contributed by atoms with Gasteiger partial charge < -0.3 is 0 Å². The van der Waals surface area contributed by atoms with E-state index < -0.39 is 0 Å². The zero-order valence-corrected chi connectivity index (χ0v) is 8.32. The van der Waals surface area contributed by atoms with Gasteiger partial charge in [-0.05, 0) is 37.5 Å². The summed E-state index contributed by atoms with van der Waals surface area (Å²) in [7, 11) is 0. The monoisotopic (exact) mass is 184 g/mol. The van der Waals surface area contributed by atoms with E-state index in [0.29, 0.717) is 5.41 Å². The van der Waals surface area contributed by atoms with Crippen LogP contribution in [0.4, 0.5) is 0 Å². The van der Waals surface area contributed by atoms with Crippen LogP contribution < -0.4 is 0 Å². The van der Waals surface area contributed by atoms with E-state index in [1.165, 1.54) is 25.7 Å². The van der Waals surface area contributed by atoms with E-state index in [4.69, 9.17) is 11.6 Å². The van der Waals surface area contributed by atoms with E-state index in [1.54, 1.807) is 0 Å². The fourth-order valence-electron chi connectivity index (χ4n) is 1.75. The second-order valence-corrected chi connectivity index (χ2v) is 3.96. The molecule has 1 rings (SSSR count). The molecule has 0 atom stereocenters. The topological polar surface area (TPSA) is 0 Å². The van der Waals surface area contributed by atoms with Crippen LogP contribution in [-0.2, 0) is 0 Å². The molecule has 0 heterocycles. The Balaban J connectivity index is 2.30. The Bertz CT molecular complexity index is 162. The molecule has 0 bridgehead atoms. The third-order valence-corrected chi connectivity index (χ3v) is 3.23. The number of alkyl halides is 1. The molecular formula is C11H17Cl. The smallest absolute Gasteiger partial charge is 0.0285 e. The summed E-state index contributed by atoms with van der Waals surface area (Å²) < 4.78 is 0. The summed E-state index contributed by atoms with van der Waals surface area (Å²) in [5.41, 5.74) is 0.393. The Morgan fingerprint density at radius 2 is 2.08 bits per heavy atom. The van der Waals surface area contributed by atoms with Crippen molar-refractivity contribution >= 4 is 11.6 Å². The SMILES string of the molecule is C=CCCCC1(CCl)CC=CC1. The zero-order chi connectivity index (χ0) is 8.86. The fourth-order valence-corrected chi connectivity index (χ4v) is 2.10. The van der Waals surface area contributed by atoms with Crippen LogP contribution >= 0.6 is 11.6 Å². The van der Waals surface area contributed by atoms with Crippen LogP contribution in [0.25, 0.3) is 0 Å². The van der Waals surface area contributed by atoms with E-state index in [1.807, 2.05) is 6.08 Å².